The molecule has 3 heteroatoms. The summed E-state index contributed by atoms with van der Waals surface area (Å²) in [5.41, 5.74) is 10.4. The van der Waals surface area contributed by atoms with Crippen LogP contribution in [0, 0.1) is 0 Å². The lowest BCUT2D eigenvalue weighted by Gasteiger charge is -2.01. The van der Waals surface area contributed by atoms with Crippen LogP contribution >= 0.6 is 0 Å². The largest absolute Gasteiger partial charge is 0.326 e. The smallest absolute Gasteiger partial charge is 0.137 e. The number of imidazole rings is 1. The molecule has 2 heterocycles. The molecule has 0 atom stereocenters. The third kappa shape index (κ3) is 1.83. The molecule has 0 aromatic carbocycles. The molecular weight excluding hydrogens is 198 g/mol. The van der Waals surface area contributed by atoms with Gasteiger partial charge in [-0.3, -0.25) is 0 Å². The average Bonchev–Trinajstić information content (AvgIpc) is 2.65. The molecule has 0 aliphatic rings. The summed E-state index contributed by atoms with van der Waals surface area (Å²) in [6, 6.07) is 4.15. The van der Waals surface area contributed by atoms with Crippen molar-refractivity contribution in [2.45, 2.75) is 39.7 Å². The molecule has 2 aromatic rings. The molecule has 0 amide bonds. The number of hydrogen-bond acceptors (Lipinski definition) is 2. The number of nitrogens with zero attached hydrogens (tertiary/aromatic N) is 2. The summed E-state index contributed by atoms with van der Waals surface area (Å²) in [4.78, 5) is 4.69. The van der Waals surface area contributed by atoms with Crippen LogP contribution < -0.4 is 5.73 Å². The van der Waals surface area contributed by atoms with Gasteiger partial charge in [0.1, 0.15) is 5.65 Å². The Morgan fingerprint density at radius 3 is 2.81 bits per heavy atom. The van der Waals surface area contributed by atoms with Gasteiger partial charge in [0.25, 0.3) is 0 Å². The molecule has 0 radical (unpaired) electrons. The van der Waals surface area contributed by atoms with Gasteiger partial charge < -0.3 is 10.1 Å². The first-order valence-electron chi connectivity index (χ1n) is 5.99. The highest BCUT2D eigenvalue weighted by Gasteiger charge is 2.09. The Kier molecular flexibility index (Phi) is 3.25. The van der Waals surface area contributed by atoms with Crippen LogP contribution in [0.25, 0.3) is 5.65 Å². The Morgan fingerprint density at radius 2 is 2.19 bits per heavy atom. The zero-order chi connectivity index (χ0) is 11.5. The van der Waals surface area contributed by atoms with Gasteiger partial charge in [0.15, 0.2) is 0 Å². The van der Waals surface area contributed by atoms with E-state index in [-0.39, 0.29) is 0 Å². The maximum absolute atomic E-state index is 5.64. The van der Waals surface area contributed by atoms with Crippen LogP contribution in [0.2, 0.25) is 0 Å². The standard InChI is InChI=1S/C13H19N3/c1-3-5-11-12(4-2)16-7-6-10(9-14)8-13(16)15-11/h6-8H,3-5,9,14H2,1-2H3. The van der Waals surface area contributed by atoms with E-state index in [9.17, 15) is 0 Å². The molecule has 0 saturated heterocycles. The summed E-state index contributed by atoms with van der Waals surface area (Å²) in [5.74, 6) is 0. The lowest BCUT2D eigenvalue weighted by Crippen LogP contribution is -1.98. The van der Waals surface area contributed by atoms with Crippen molar-refractivity contribution in [2.24, 2.45) is 5.73 Å². The molecule has 2 rings (SSSR count). The second-order valence-electron chi connectivity index (χ2n) is 4.08. The van der Waals surface area contributed by atoms with Crippen molar-refractivity contribution < 1.29 is 0 Å². The lowest BCUT2D eigenvalue weighted by molar-refractivity contribution is 0.859. The average molecular weight is 217 g/mol. The molecule has 86 valence electrons. The minimum atomic E-state index is 0.577. The van der Waals surface area contributed by atoms with E-state index in [0.717, 1.165) is 30.5 Å². The molecule has 16 heavy (non-hydrogen) atoms. The zero-order valence-electron chi connectivity index (χ0n) is 10.0. The molecule has 0 bridgehead atoms. The fraction of sp³-hybridized carbons (Fsp3) is 0.462. The minimum absolute atomic E-state index is 0.577. The van der Waals surface area contributed by atoms with E-state index in [4.69, 9.17) is 5.73 Å². The van der Waals surface area contributed by atoms with Crippen molar-refractivity contribution >= 4 is 5.65 Å². The fourth-order valence-corrected chi connectivity index (χ4v) is 2.12. The van der Waals surface area contributed by atoms with Crippen molar-refractivity contribution in [1.82, 2.24) is 9.38 Å². The number of fused-ring (bicyclic) bond motifs is 1. The van der Waals surface area contributed by atoms with Crippen LogP contribution in [0.5, 0.6) is 0 Å². The minimum Gasteiger partial charge on any atom is -0.326 e. The third-order valence-corrected chi connectivity index (χ3v) is 2.93. The monoisotopic (exact) mass is 217 g/mol. The topological polar surface area (TPSA) is 43.3 Å². The zero-order valence-corrected chi connectivity index (χ0v) is 10.0. The van der Waals surface area contributed by atoms with Crippen molar-refractivity contribution in [2.75, 3.05) is 0 Å². The molecule has 2 aromatic heterocycles. The number of pyridine rings is 1. The SMILES string of the molecule is CCCc1nc2cc(CN)ccn2c1CC. The Bertz CT molecular complexity index is 485. The normalized spacial score (nSPS) is 11.2. The van der Waals surface area contributed by atoms with E-state index in [1.54, 1.807) is 0 Å². The highest BCUT2D eigenvalue weighted by molar-refractivity contribution is 5.46. The second kappa shape index (κ2) is 4.66. The maximum Gasteiger partial charge on any atom is 0.137 e. The number of aromatic nitrogens is 2. The summed E-state index contributed by atoms with van der Waals surface area (Å²) in [6.45, 7) is 4.95. The van der Waals surface area contributed by atoms with Crippen molar-refractivity contribution in [3.05, 3.63) is 35.3 Å². The van der Waals surface area contributed by atoms with Gasteiger partial charge in [0, 0.05) is 18.4 Å². The van der Waals surface area contributed by atoms with Crippen LogP contribution in [0.1, 0.15) is 37.2 Å². The van der Waals surface area contributed by atoms with Gasteiger partial charge in [-0.25, -0.2) is 4.98 Å². The third-order valence-electron chi connectivity index (χ3n) is 2.93. The van der Waals surface area contributed by atoms with E-state index in [1.807, 2.05) is 0 Å². The molecule has 3 nitrogen and oxygen atoms in total. The number of hydrogen-bond donors (Lipinski definition) is 1. The van der Waals surface area contributed by atoms with E-state index in [1.165, 1.54) is 11.4 Å². The first-order valence-corrected chi connectivity index (χ1v) is 5.99. The van der Waals surface area contributed by atoms with Gasteiger partial charge in [0.05, 0.1) is 5.69 Å². The highest BCUT2D eigenvalue weighted by atomic mass is 15.0. The lowest BCUT2D eigenvalue weighted by atomic mass is 10.2. The van der Waals surface area contributed by atoms with Gasteiger partial charge in [-0.2, -0.15) is 0 Å². The van der Waals surface area contributed by atoms with Gasteiger partial charge in [0.2, 0.25) is 0 Å². The molecule has 0 spiro atoms. The Balaban J connectivity index is 2.57. The first-order chi connectivity index (χ1) is 7.80. The van der Waals surface area contributed by atoms with Crippen LogP contribution in [-0.2, 0) is 19.4 Å². The number of nitrogens with two attached hydrogens (primary N) is 1. The van der Waals surface area contributed by atoms with Gasteiger partial charge in [-0.05, 0) is 30.5 Å². The first kappa shape index (κ1) is 11.1. The van der Waals surface area contributed by atoms with Crippen LogP contribution in [-0.4, -0.2) is 9.38 Å². The van der Waals surface area contributed by atoms with Crippen molar-refractivity contribution in [3.8, 4) is 0 Å². The van der Waals surface area contributed by atoms with Crippen molar-refractivity contribution in [3.63, 3.8) is 0 Å². The summed E-state index contributed by atoms with van der Waals surface area (Å²) in [5, 5.41) is 0. The van der Waals surface area contributed by atoms with Gasteiger partial charge >= 0.3 is 0 Å². The van der Waals surface area contributed by atoms with E-state index in [2.05, 4.69) is 41.6 Å². The van der Waals surface area contributed by atoms with Gasteiger partial charge in [-0.15, -0.1) is 0 Å². The van der Waals surface area contributed by atoms with Crippen LogP contribution in [0.15, 0.2) is 18.3 Å². The maximum atomic E-state index is 5.64. The highest BCUT2D eigenvalue weighted by Crippen LogP contribution is 2.16. The van der Waals surface area contributed by atoms with E-state index in [0.29, 0.717) is 6.54 Å². The van der Waals surface area contributed by atoms with Crippen molar-refractivity contribution in [1.29, 1.82) is 0 Å². The van der Waals surface area contributed by atoms with E-state index >= 15 is 0 Å². The molecule has 0 aliphatic carbocycles. The van der Waals surface area contributed by atoms with Crippen LogP contribution in [0.3, 0.4) is 0 Å². The van der Waals surface area contributed by atoms with Crippen LogP contribution in [0.4, 0.5) is 0 Å². The summed E-state index contributed by atoms with van der Waals surface area (Å²) in [6.07, 6.45) is 5.31. The molecule has 0 saturated carbocycles. The fourth-order valence-electron chi connectivity index (χ4n) is 2.12. The number of aryl methyl sites for hydroxylation is 2. The second-order valence-corrected chi connectivity index (χ2v) is 4.08. The molecule has 0 aliphatic heterocycles. The molecule has 2 N–H and O–H groups in total. The molecule has 0 unspecified atom stereocenters. The quantitative estimate of drug-likeness (QED) is 0.854. The summed E-state index contributed by atoms with van der Waals surface area (Å²) >= 11 is 0. The Morgan fingerprint density at radius 1 is 1.38 bits per heavy atom. The summed E-state index contributed by atoms with van der Waals surface area (Å²) < 4.78 is 2.18. The Labute approximate surface area is 96.3 Å². The van der Waals surface area contributed by atoms with E-state index < -0.39 is 0 Å². The predicted molar refractivity (Wildman–Crippen MR) is 66.5 cm³/mol. The molecular formula is C13H19N3. The molecule has 0 fully saturated rings. The Hall–Kier alpha value is -1.35. The number of rotatable bonds is 4. The predicted octanol–water partition coefficient (Wildman–Crippen LogP) is 2.31. The summed E-state index contributed by atoms with van der Waals surface area (Å²) in [7, 11) is 0. The van der Waals surface area contributed by atoms with Gasteiger partial charge in [-0.1, -0.05) is 20.3 Å².